The summed E-state index contributed by atoms with van der Waals surface area (Å²) in [7, 11) is 1.78. The summed E-state index contributed by atoms with van der Waals surface area (Å²) in [4.78, 5) is 22.5. The fraction of sp³-hybridized carbons (Fsp3) is 0.375. The summed E-state index contributed by atoms with van der Waals surface area (Å²) in [6.07, 6.45) is 0. The summed E-state index contributed by atoms with van der Waals surface area (Å²) in [5.41, 5.74) is 0.610. The zero-order valence-corrected chi connectivity index (χ0v) is 8.14. The molecule has 0 N–H and O–H groups in total. The van der Waals surface area contributed by atoms with E-state index in [0.717, 1.165) is 0 Å². The summed E-state index contributed by atoms with van der Waals surface area (Å²) in [6.45, 7) is 3.52. The first-order chi connectivity index (χ1) is 6.58. The maximum Gasteiger partial charge on any atom is 0.369 e. The van der Waals surface area contributed by atoms with E-state index in [2.05, 4.69) is 20.1 Å². The smallest absolute Gasteiger partial charge is 0.254 e. The van der Waals surface area contributed by atoms with Crippen molar-refractivity contribution in [3.8, 4) is 11.5 Å². The van der Waals surface area contributed by atoms with E-state index in [1.54, 1.807) is 25.6 Å². The Morgan fingerprint density at radius 2 is 1.86 bits per heavy atom. The Morgan fingerprint density at radius 1 is 1.14 bits per heavy atom. The molecule has 2 aliphatic rings. The minimum atomic E-state index is -0.516. The number of aromatic nitrogens is 5. The van der Waals surface area contributed by atoms with Gasteiger partial charge in [-0.25, -0.2) is 9.78 Å². The molecule has 2 aliphatic heterocycles. The monoisotopic (exact) mass is 191 g/mol. The Balaban J connectivity index is 2.89. The maximum absolute atomic E-state index is 11.0. The average Bonchev–Trinajstić information content (AvgIpc) is 2.08. The van der Waals surface area contributed by atoms with Crippen molar-refractivity contribution >= 4 is 0 Å². The Morgan fingerprint density at radius 3 is 2.57 bits per heavy atom. The van der Waals surface area contributed by atoms with Crippen molar-refractivity contribution in [2.24, 2.45) is 7.05 Å². The number of hydrogen-bond donors (Lipinski definition) is 0. The van der Waals surface area contributed by atoms with Crippen LogP contribution in [0.5, 0.6) is 0 Å². The highest BCUT2D eigenvalue weighted by Gasteiger charge is 2.13. The largest absolute Gasteiger partial charge is 0.369 e. The van der Waals surface area contributed by atoms with Gasteiger partial charge in [-0.3, -0.25) is 4.68 Å². The molecule has 0 aromatic rings. The van der Waals surface area contributed by atoms with E-state index >= 15 is 0 Å². The van der Waals surface area contributed by atoms with Crippen LogP contribution in [-0.4, -0.2) is 24.7 Å². The molecule has 0 saturated carbocycles. The van der Waals surface area contributed by atoms with Crippen LogP contribution in [0, 0.1) is 13.8 Å². The number of rotatable bonds is 0. The molecule has 0 aromatic heterocycles. The quantitative estimate of drug-likeness (QED) is 0.571. The van der Waals surface area contributed by atoms with Gasteiger partial charge in [0.25, 0.3) is 0 Å². The van der Waals surface area contributed by atoms with Gasteiger partial charge in [-0.1, -0.05) is 0 Å². The summed E-state index contributed by atoms with van der Waals surface area (Å²) < 4.78 is 1.63. The second kappa shape index (κ2) is 2.83. The summed E-state index contributed by atoms with van der Waals surface area (Å²) in [5, 5.41) is 4.21. The van der Waals surface area contributed by atoms with Crippen molar-refractivity contribution < 1.29 is 0 Å². The lowest BCUT2D eigenvalue weighted by Crippen LogP contribution is -2.19. The molecular formula is C8H9N5O. The van der Waals surface area contributed by atoms with Crippen molar-refractivity contribution in [1.29, 1.82) is 0 Å². The molecule has 0 atom stereocenters. The van der Waals surface area contributed by atoms with Gasteiger partial charge in [0.15, 0.2) is 5.82 Å². The van der Waals surface area contributed by atoms with Gasteiger partial charge in [-0.2, -0.15) is 15.1 Å². The van der Waals surface area contributed by atoms with E-state index in [9.17, 15) is 4.79 Å². The molecule has 0 fully saturated rings. The lowest BCUT2D eigenvalue weighted by atomic mass is 10.3. The molecule has 2 heterocycles. The zero-order valence-electron chi connectivity index (χ0n) is 8.14. The minimum absolute atomic E-state index is 0.359. The minimum Gasteiger partial charge on any atom is -0.254 e. The lowest BCUT2D eigenvalue weighted by Gasteiger charge is -2.08. The summed E-state index contributed by atoms with van der Waals surface area (Å²) in [5.74, 6) is 1.06. The molecule has 0 amide bonds. The molecule has 0 bridgehead atoms. The first kappa shape index (κ1) is 8.74. The second-order valence-corrected chi connectivity index (χ2v) is 3.05. The van der Waals surface area contributed by atoms with Crippen LogP contribution in [0.25, 0.3) is 11.5 Å². The van der Waals surface area contributed by atoms with Crippen molar-refractivity contribution in [1.82, 2.24) is 24.7 Å². The molecular weight excluding hydrogens is 182 g/mol. The number of aryl methyl sites for hydroxylation is 3. The maximum atomic E-state index is 11.0. The van der Waals surface area contributed by atoms with Crippen LogP contribution in [0.3, 0.4) is 0 Å². The highest BCUT2D eigenvalue weighted by atomic mass is 16.1. The average molecular weight is 191 g/mol. The summed E-state index contributed by atoms with van der Waals surface area (Å²) in [6, 6.07) is 0. The van der Waals surface area contributed by atoms with Gasteiger partial charge >= 0.3 is 5.69 Å². The van der Waals surface area contributed by atoms with Gasteiger partial charge in [0.2, 0.25) is 0 Å². The molecule has 0 aromatic carbocycles. The van der Waals surface area contributed by atoms with Crippen molar-refractivity contribution in [2.45, 2.75) is 13.8 Å². The van der Waals surface area contributed by atoms with Gasteiger partial charge in [-0.05, 0) is 13.8 Å². The highest BCUT2D eigenvalue weighted by Crippen LogP contribution is 2.13. The number of hydrogen-bond acceptors (Lipinski definition) is 5. The molecule has 0 saturated heterocycles. The van der Waals surface area contributed by atoms with E-state index in [-0.39, 0.29) is 0 Å². The third-order valence-electron chi connectivity index (χ3n) is 2.01. The molecule has 6 nitrogen and oxygen atoms in total. The van der Waals surface area contributed by atoms with Crippen LogP contribution >= 0.6 is 0 Å². The number of nitrogens with zero attached hydrogens (tertiary/aromatic N) is 5. The van der Waals surface area contributed by atoms with Gasteiger partial charge < -0.3 is 0 Å². The Hall–Kier alpha value is -1.85. The molecule has 6 heteroatoms. The van der Waals surface area contributed by atoms with Crippen LogP contribution in [-0.2, 0) is 7.05 Å². The molecule has 14 heavy (non-hydrogen) atoms. The Bertz CT molecular complexity index is 518. The normalized spacial score (nSPS) is 10.8. The Labute approximate surface area is 80.0 Å². The third-order valence-corrected chi connectivity index (χ3v) is 2.01. The Kier molecular flexibility index (Phi) is 1.77. The van der Waals surface area contributed by atoms with Crippen LogP contribution < -0.4 is 5.69 Å². The zero-order chi connectivity index (χ0) is 10.3. The van der Waals surface area contributed by atoms with Crippen LogP contribution in [0.2, 0.25) is 0 Å². The fourth-order valence-corrected chi connectivity index (χ4v) is 1.17. The predicted octanol–water partition coefficient (Wildman–Crippen LogP) is -0.313. The van der Waals surface area contributed by atoms with E-state index in [4.69, 9.17) is 0 Å². The lowest BCUT2D eigenvalue weighted by molar-refractivity contribution is 0.668. The third kappa shape index (κ3) is 1.24. The van der Waals surface area contributed by atoms with Crippen molar-refractivity contribution in [3.63, 3.8) is 0 Å². The second-order valence-electron chi connectivity index (χ2n) is 3.05. The number of fused-ring (bicyclic) bond motifs is 1. The standard InChI is InChI=1S/C8H9N5O/c1-4-6-7(11-8(14)9-4)10-5(2)13(3)12-6/h1-3H3. The van der Waals surface area contributed by atoms with E-state index < -0.39 is 5.69 Å². The van der Waals surface area contributed by atoms with E-state index in [1.165, 1.54) is 0 Å². The fourth-order valence-electron chi connectivity index (χ4n) is 1.17. The highest BCUT2D eigenvalue weighted by molar-refractivity contribution is 5.51. The molecule has 0 radical (unpaired) electrons. The van der Waals surface area contributed by atoms with Gasteiger partial charge in [-0.15, -0.1) is 0 Å². The van der Waals surface area contributed by atoms with E-state index in [0.29, 0.717) is 23.0 Å². The topological polar surface area (TPSA) is 73.6 Å². The van der Waals surface area contributed by atoms with Crippen LogP contribution in [0.15, 0.2) is 4.79 Å². The first-order valence-corrected chi connectivity index (χ1v) is 4.14. The molecule has 72 valence electrons. The van der Waals surface area contributed by atoms with Crippen LogP contribution in [0.1, 0.15) is 11.5 Å². The van der Waals surface area contributed by atoms with E-state index in [1.807, 2.05) is 0 Å². The van der Waals surface area contributed by atoms with Gasteiger partial charge in [0.05, 0.1) is 5.69 Å². The molecule has 0 spiro atoms. The SMILES string of the molecule is Cc1nc(=O)nc2nc(C)n(C)nc1-2. The van der Waals surface area contributed by atoms with Crippen molar-refractivity contribution in [2.75, 3.05) is 0 Å². The molecule has 0 aliphatic carbocycles. The van der Waals surface area contributed by atoms with Gasteiger partial charge in [0.1, 0.15) is 11.5 Å². The predicted molar refractivity (Wildman–Crippen MR) is 49.0 cm³/mol. The van der Waals surface area contributed by atoms with Gasteiger partial charge in [0, 0.05) is 7.05 Å². The molecule has 0 unspecified atom stereocenters. The van der Waals surface area contributed by atoms with Crippen molar-refractivity contribution in [3.05, 3.63) is 22.0 Å². The summed E-state index contributed by atoms with van der Waals surface area (Å²) >= 11 is 0. The van der Waals surface area contributed by atoms with Crippen LogP contribution in [0.4, 0.5) is 0 Å². The first-order valence-electron chi connectivity index (χ1n) is 4.14. The molecule has 2 rings (SSSR count).